The fourth-order valence-electron chi connectivity index (χ4n) is 2.63. The van der Waals surface area contributed by atoms with E-state index >= 15 is 0 Å². The molecule has 0 aliphatic carbocycles. The molecule has 1 aromatic carbocycles. The second-order valence-electron chi connectivity index (χ2n) is 5.31. The molecular formula is C16H26N2O4S. The number of ether oxygens (including phenoxy) is 2. The molecule has 0 N–H and O–H groups in total. The number of nitrogens with zero attached hydrogens (tertiary/aromatic N) is 2. The van der Waals surface area contributed by atoms with Crippen LogP contribution in [0.25, 0.3) is 0 Å². The third-order valence-corrected chi connectivity index (χ3v) is 5.83. The molecule has 2 rings (SSSR count). The summed E-state index contributed by atoms with van der Waals surface area (Å²) in [5.74, 6) is 1.05. The molecule has 0 spiro atoms. The Balaban J connectivity index is 2.24. The fourth-order valence-corrected chi connectivity index (χ4v) is 4.07. The summed E-state index contributed by atoms with van der Waals surface area (Å²) in [4.78, 5) is 2.50. The zero-order valence-electron chi connectivity index (χ0n) is 14.1. The molecule has 1 saturated heterocycles. The third-order valence-electron chi connectivity index (χ3n) is 3.93. The standard InChI is InChI=1S/C16H26N2O4S/c1-4-17-9-11-18(12-10-17)23(19,20)14-7-8-15(21-5-2)16(13-14)22-6-3/h7-8,13H,4-6,9-12H2,1-3H3. The van der Waals surface area contributed by atoms with E-state index in [0.29, 0.717) is 37.8 Å². The minimum absolute atomic E-state index is 0.259. The van der Waals surface area contributed by atoms with Crippen LogP contribution in [0, 0.1) is 0 Å². The average Bonchev–Trinajstić information content (AvgIpc) is 2.57. The van der Waals surface area contributed by atoms with Crippen LogP contribution in [0.3, 0.4) is 0 Å². The third kappa shape index (κ3) is 4.16. The number of benzene rings is 1. The highest BCUT2D eigenvalue weighted by Gasteiger charge is 2.28. The van der Waals surface area contributed by atoms with E-state index in [4.69, 9.17) is 9.47 Å². The lowest BCUT2D eigenvalue weighted by Crippen LogP contribution is -2.48. The van der Waals surface area contributed by atoms with Crippen molar-refractivity contribution >= 4 is 10.0 Å². The molecular weight excluding hydrogens is 316 g/mol. The summed E-state index contributed by atoms with van der Waals surface area (Å²) in [5.41, 5.74) is 0. The minimum Gasteiger partial charge on any atom is -0.490 e. The second kappa shape index (κ2) is 7.99. The summed E-state index contributed by atoms with van der Waals surface area (Å²) in [6, 6.07) is 4.83. The van der Waals surface area contributed by atoms with Crippen LogP contribution in [0.5, 0.6) is 11.5 Å². The van der Waals surface area contributed by atoms with E-state index in [1.807, 2.05) is 13.8 Å². The summed E-state index contributed by atoms with van der Waals surface area (Å²) >= 11 is 0. The molecule has 0 amide bonds. The van der Waals surface area contributed by atoms with Crippen LogP contribution >= 0.6 is 0 Å². The number of rotatable bonds is 7. The topological polar surface area (TPSA) is 59.1 Å². The molecule has 0 saturated carbocycles. The maximum absolute atomic E-state index is 12.8. The average molecular weight is 342 g/mol. The summed E-state index contributed by atoms with van der Waals surface area (Å²) in [6.45, 7) is 10.3. The maximum atomic E-state index is 12.8. The first-order chi connectivity index (χ1) is 11.0. The van der Waals surface area contributed by atoms with Crippen molar-refractivity contribution in [3.8, 4) is 11.5 Å². The van der Waals surface area contributed by atoms with E-state index in [0.717, 1.165) is 19.6 Å². The zero-order chi connectivity index (χ0) is 16.9. The van der Waals surface area contributed by atoms with Gasteiger partial charge < -0.3 is 14.4 Å². The molecule has 0 atom stereocenters. The van der Waals surface area contributed by atoms with Gasteiger partial charge in [-0.2, -0.15) is 4.31 Å². The zero-order valence-corrected chi connectivity index (χ0v) is 14.9. The number of hydrogen-bond donors (Lipinski definition) is 0. The van der Waals surface area contributed by atoms with Crippen LogP contribution in [0.4, 0.5) is 0 Å². The van der Waals surface area contributed by atoms with Gasteiger partial charge in [0.1, 0.15) is 0 Å². The van der Waals surface area contributed by atoms with Crippen molar-refractivity contribution in [1.29, 1.82) is 0 Å². The molecule has 1 heterocycles. The fraction of sp³-hybridized carbons (Fsp3) is 0.625. The molecule has 6 nitrogen and oxygen atoms in total. The lowest BCUT2D eigenvalue weighted by Gasteiger charge is -2.33. The van der Waals surface area contributed by atoms with Crippen molar-refractivity contribution < 1.29 is 17.9 Å². The van der Waals surface area contributed by atoms with E-state index in [1.165, 1.54) is 0 Å². The summed E-state index contributed by atoms with van der Waals surface area (Å²) in [7, 11) is -3.50. The molecule has 0 radical (unpaired) electrons. The highest BCUT2D eigenvalue weighted by atomic mass is 32.2. The highest BCUT2D eigenvalue weighted by molar-refractivity contribution is 7.89. The quantitative estimate of drug-likeness (QED) is 0.756. The molecule has 1 fully saturated rings. The Kier molecular flexibility index (Phi) is 6.26. The number of likely N-dealkylation sites (N-methyl/N-ethyl adjacent to an activating group) is 1. The Morgan fingerprint density at radius 1 is 0.957 bits per heavy atom. The monoisotopic (exact) mass is 342 g/mol. The minimum atomic E-state index is -3.50. The highest BCUT2D eigenvalue weighted by Crippen LogP contribution is 2.31. The normalized spacial score (nSPS) is 17.2. The van der Waals surface area contributed by atoms with Gasteiger partial charge in [0.2, 0.25) is 10.0 Å². The summed E-state index contributed by atoms with van der Waals surface area (Å²) in [5, 5.41) is 0. The van der Waals surface area contributed by atoms with Gasteiger partial charge in [-0.1, -0.05) is 6.92 Å². The Labute approximate surface area is 139 Å². The molecule has 23 heavy (non-hydrogen) atoms. The van der Waals surface area contributed by atoms with Crippen molar-refractivity contribution in [2.75, 3.05) is 45.9 Å². The van der Waals surface area contributed by atoms with E-state index in [2.05, 4.69) is 11.8 Å². The lowest BCUT2D eigenvalue weighted by molar-refractivity contribution is 0.196. The van der Waals surface area contributed by atoms with Crippen molar-refractivity contribution in [3.05, 3.63) is 18.2 Å². The van der Waals surface area contributed by atoms with Crippen LogP contribution in [0.2, 0.25) is 0 Å². The Morgan fingerprint density at radius 2 is 1.57 bits per heavy atom. The Morgan fingerprint density at radius 3 is 2.13 bits per heavy atom. The van der Waals surface area contributed by atoms with Crippen LogP contribution in [-0.4, -0.2) is 63.6 Å². The SMILES string of the molecule is CCOc1ccc(S(=O)(=O)N2CCN(CC)CC2)cc1OCC. The Bertz CT molecular complexity index is 611. The van der Waals surface area contributed by atoms with Crippen molar-refractivity contribution in [2.24, 2.45) is 0 Å². The largest absolute Gasteiger partial charge is 0.490 e. The summed E-state index contributed by atoms with van der Waals surface area (Å²) in [6.07, 6.45) is 0. The molecule has 7 heteroatoms. The van der Waals surface area contributed by atoms with Crippen molar-refractivity contribution in [1.82, 2.24) is 9.21 Å². The van der Waals surface area contributed by atoms with Crippen molar-refractivity contribution in [2.45, 2.75) is 25.7 Å². The smallest absolute Gasteiger partial charge is 0.243 e. The van der Waals surface area contributed by atoms with Gasteiger partial charge in [-0.3, -0.25) is 0 Å². The van der Waals surface area contributed by atoms with E-state index < -0.39 is 10.0 Å². The predicted molar refractivity (Wildman–Crippen MR) is 89.7 cm³/mol. The molecule has 0 bridgehead atoms. The van der Waals surface area contributed by atoms with Gasteiger partial charge in [-0.05, 0) is 32.5 Å². The first-order valence-corrected chi connectivity index (χ1v) is 9.59. The summed E-state index contributed by atoms with van der Waals surface area (Å²) < 4.78 is 38.2. The van der Waals surface area contributed by atoms with Crippen molar-refractivity contribution in [3.63, 3.8) is 0 Å². The van der Waals surface area contributed by atoms with Gasteiger partial charge in [0.25, 0.3) is 0 Å². The van der Waals surface area contributed by atoms with Crippen LogP contribution in [0.1, 0.15) is 20.8 Å². The maximum Gasteiger partial charge on any atom is 0.243 e. The Hall–Kier alpha value is -1.31. The van der Waals surface area contributed by atoms with Crippen LogP contribution in [-0.2, 0) is 10.0 Å². The number of piperazine rings is 1. The molecule has 1 aliphatic heterocycles. The van der Waals surface area contributed by atoms with Crippen LogP contribution in [0.15, 0.2) is 23.1 Å². The van der Waals surface area contributed by atoms with E-state index in [9.17, 15) is 8.42 Å². The molecule has 130 valence electrons. The molecule has 0 aromatic heterocycles. The van der Waals surface area contributed by atoms with Gasteiger partial charge in [0.15, 0.2) is 11.5 Å². The predicted octanol–water partition coefficient (Wildman–Crippen LogP) is 1.81. The number of hydrogen-bond acceptors (Lipinski definition) is 5. The van der Waals surface area contributed by atoms with Gasteiger partial charge in [0.05, 0.1) is 18.1 Å². The lowest BCUT2D eigenvalue weighted by atomic mass is 10.3. The second-order valence-corrected chi connectivity index (χ2v) is 7.25. The molecule has 0 unspecified atom stereocenters. The first-order valence-electron chi connectivity index (χ1n) is 8.15. The van der Waals surface area contributed by atoms with E-state index in [1.54, 1.807) is 22.5 Å². The van der Waals surface area contributed by atoms with Gasteiger partial charge >= 0.3 is 0 Å². The molecule has 1 aliphatic rings. The van der Waals surface area contributed by atoms with E-state index in [-0.39, 0.29) is 4.90 Å². The first kappa shape index (κ1) is 18.0. The van der Waals surface area contributed by atoms with Gasteiger partial charge in [0, 0.05) is 32.2 Å². The van der Waals surface area contributed by atoms with Crippen LogP contribution < -0.4 is 9.47 Å². The van der Waals surface area contributed by atoms with Gasteiger partial charge in [-0.25, -0.2) is 8.42 Å². The van der Waals surface area contributed by atoms with Gasteiger partial charge in [-0.15, -0.1) is 0 Å². The number of sulfonamides is 1. The molecule has 1 aromatic rings.